The molecule has 28 heavy (non-hydrogen) atoms. The van der Waals surface area contributed by atoms with Crippen LogP contribution in [0.4, 0.5) is 5.69 Å². The normalized spacial score (nSPS) is 19.1. The van der Waals surface area contributed by atoms with Crippen molar-refractivity contribution < 1.29 is 9.84 Å². The van der Waals surface area contributed by atoms with Crippen LogP contribution in [-0.2, 0) is 11.2 Å². The van der Waals surface area contributed by atoms with Crippen LogP contribution in [-0.4, -0.2) is 53.1 Å². The van der Waals surface area contributed by atoms with Gasteiger partial charge >= 0.3 is 0 Å². The lowest BCUT2D eigenvalue weighted by Gasteiger charge is -2.22. The first-order chi connectivity index (χ1) is 13.8. The van der Waals surface area contributed by atoms with Crippen molar-refractivity contribution >= 4 is 5.69 Å². The van der Waals surface area contributed by atoms with Crippen LogP contribution in [0.2, 0.25) is 0 Å². The Morgan fingerprint density at radius 3 is 2.64 bits per heavy atom. The summed E-state index contributed by atoms with van der Waals surface area (Å²) in [5.41, 5.74) is 3.45. The highest BCUT2D eigenvalue weighted by molar-refractivity contribution is 5.61. The van der Waals surface area contributed by atoms with Crippen molar-refractivity contribution in [1.29, 1.82) is 0 Å². The fourth-order valence-corrected chi connectivity index (χ4v) is 3.86. The van der Waals surface area contributed by atoms with Gasteiger partial charge in [-0.3, -0.25) is 4.98 Å². The van der Waals surface area contributed by atoms with Crippen molar-refractivity contribution in [1.82, 2.24) is 14.5 Å². The Kier molecular flexibility index (Phi) is 5.69. The third-order valence-corrected chi connectivity index (χ3v) is 5.44. The Bertz CT molecular complexity index is 879. The van der Waals surface area contributed by atoms with E-state index in [2.05, 4.69) is 57.1 Å². The van der Waals surface area contributed by atoms with Gasteiger partial charge < -0.3 is 19.3 Å². The number of anilines is 1. The van der Waals surface area contributed by atoms with Crippen LogP contribution in [0.25, 0.3) is 11.4 Å². The molecule has 1 saturated heterocycles. The molecule has 2 atom stereocenters. The van der Waals surface area contributed by atoms with Crippen LogP contribution in [0.15, 0.2) is 61.2 Å². The smallest absolute Gasteiger partial charge is 0.140 e. The number of imidazole rings is 1. The van der Waals surface area contributed by atoms with Crippen LogP contribution in [0.1, 0.15) is 11.6 Å². The van der Waals surface area contributed by atoms with Crippen LogP contribution in [0, 0.1) is 5.92 Å². The summed E-state index contributed by atoms with van der Waals surface area (Å²) >= 11 is 0. The number of hydrogen-bond acceptors (Lipinski definition) is 5. The zero-order valence-electron chi connectivity index (χ0n) is 16.1. The van der Waals surface area contributed by atoms with E-state index in [4.69, 9.17) is 9.84 Å². The van der Waals surface area contributed by atoms with Gasteiger partial charge in [0.2, 0.25) is 0 Å². The average Bonchev–Trinajstić information content (AvgIpc) is 3.38. The summed E-state index contributed by atoms with van der Waals surface area (Å²) in [5, 5.41) is 9.12. The van der Waals surface area contributed by atoms with Gasteiger partial charge in [0.1, 0.15) is 5.82 Å². The molecule has 2 aromatic heterocycles. The summed E-state index contributed by atoms with van der Waals surface area (Å²) in [6.07, 6.45) is 8.58. The van der Waals surface area contributed by atoms with Crippen molar-refractivity contribution in [2.45, 2.75) is 12.5 Å². The molecule has 1 fully saturated rings. The summed E-state index contributed by atoms with van der Waals surface area (Å²) < 4.78 is 8.09. The lowest BCUT2D eigenvalue weighted by Crippen LogP contribution is -2.21. The largest absolute Gasteiger partial charge is 0.395 e. The van der Waals surface area contributed by atoms with E-state index in [1.165, 1.54) is 5.56 Å². The molecule has 0 aliphatic carbocycles. The fraction of sp³-hybridized carbons (Fsp3) is 0.364. The average molecular weight is 378 g/mol. The van der Waals surface area contributed by atoms with Crippen LogP contribution in [0.5, 0.6) is 0 Å². The van der Waals surface area contributed by atoms with Crippen LogP contribution >= 0.6 is 0 Å². The first-order valence-electron chi connectivity index (χ1n) is 9.68. The maximum absolute atomic E-state index is 9.12. The van der Waals surface area contributed by atoms with Gasteiger partial charge in [0.25, 0.3) is 0 Å². The molecule has 6 heteroatoms. The molecule has 1 aromatic carbocycles. The molecule has 0 unspecified atom stereocenters. The maximum Gasteiger partial charge on any atom is 0.140 e. The van der Waals surface area contributed by atoms with Gasteiger partial charge in [-0.15, -0.1) is 0 Å². The zero-order valence-corrected chi connectivity index (χ0v) is 16.1. The highest BCUT2D eigenvalue weighted by Gasteiger charge is 2.31. The number of pyridine rings is 1. The highest BCUT2D eigenvalue weighted by atomic mass is 16.5. The minimum absolute atomic E-state index is 0.142. The zero-order chi connectivity index (χ0) is 19.3. The minimum Gasteiger partial charge on any atom is -0.395 e. The number of rotatable bonds is 7. The van der Waals surface area contributed by atoms with E-state index in [0.717, 1.165) is 30.1 Å². The predicted molar refractivity (Wildman–Crippen MR) is 109 cm³/mol. The quantitative estimate of drug-likeness (QED) is 0.685. The molecule has 0 radical (unpaired) electrons. The molecular formula is C22H26N4O2. The molecule has 0 bridgehead atoms. The molecule has 0 amide bonds. The number of benzene rings is 1. The van der Waals surface area contributed by atoms with E-state index in [-0.39, 0.29) is 12.6 Å². The second kappa shape index (κ2) is 8.54. The fourth-order valence-electron chi connectivity index (χ4n) is 3.86. The molecule has 3 aromatic rings. The van der Waals surface area contributed by atoms with Crippen molar-refractivity contribution in [2.24, 2.45) is 5.92 Å². The van der Waals surface area contributed by atoms with Crippen molar-refractivity contribution in [3.8, 4) is 11.4 Å². The molecule has 1 aliphatic heterocycles. The third-order valence-electron chi connectivity index (χ3n) is 5.44. The number of aliphatic hydroxyl groups is 1. The Morgan fingerprint density at radius 1 is 1.11 bits per heavy atom. The van der Waals surface area contributed by atoms with Gasteiger partial charge in [-0.1, -0.05) is 0 Å². The monoisotopic (exact) mass is 378 g/mol. The molecule has 3 heterocycles. The second-order valence-electron chi connectivity index (χ2n) is 7.27. The van der Waals surface area contributed by atoms with Crippen molar-refractivity contribution in [3.05, 3.63) is 66.7 Å². The van der Waals surface area contributed by atoms with E-state index >= 15 is 0 Å². The van der Waals surface area contributed by atoms with Crippen LogP contribution in [0.3, 0.4) is 0 Å². The molecule has 146 valence electrons. The van der Waals surface area contributed by atoms with E-state index in [1.54, 1.807) is 0 Å². The highest BCUT2D eigenvalue weighted by Crippen LogP contribution is 2.33. The standard InChI is InChI=1S/C22H26N4O2/c1-25(12-13-27)20-4-2-18(3-5-20)22-24-10-11-26(22)21-16-28-15-19(21)14-17-6-8-23-9-7-17/h2-11,19,21,27H,12-16H2,1H3/t19-,21-/m1/s1. The molecule has 1 aliphatic rings. The SMILES string of the molecule is CN(CCO)c1ccc(-c2nccn2[C@@H]2COC[C@H]2Cc2ccncc2)cc1. The first kappa shape index (κ1) is 18.7. The van der Waals surface area contributed by atoms with E-state index in [9.17, 15) is 0 Å². The van der Waals surface area contributed by atoms with E-state index in [0.29, 0.717) is 19.1 Å². The van der Waals surface area contributed by atoms with Gasteiger partial charge in [-0.05, 0) is 48.4 Å². The Morgan fingerprint density at radius 2 is 1.89 bits per heavy atom. The number of aliphatic hydroxyl groups excluding tert-OH is 1. The van der Waals surface area contributed by atoms with Gasteiger partial charge in [0, 0.05) is 55.5 Å². The Labute approximate surface area is 165 Å². The lowest BCUT2D eigenvalue weighted by molar-refractivity contribution is 0.181. The summed E-state index contributed by atoms with van der Waals surface area (Å²) in [6.45, 7) is 2.22. The third kappa shape index (κ3) is 3.93. The molecule has 1 N–H and O–H groups in total. The molecule has 0 spiro atoms. The molecule has 6 nitrogen and oxygen atoms in total. The second-order valence-corrected chi connectivity index (χ2v) is 7.27. The van der Waals surface area contributed by atoms with Crippen LogP contribution < -0.4 is 4.90 Å². The summed E-state index contributed by atoms with van der Waals surface area (Å²) in [6, 6.07) is 12.7. The number of aromatic nitrogens is 3. The number of hydrogen-bond donors (Lipinski definition) is 1. The van der Waals surface area contributed by atoms with E-state index in [1.807, 2.05) is 30.5 Å². The van der Waals surface area contributed by atoms with Gasteiger partial charge in [0.15, 0.2) is 0 Å². The molecular weight excluding hydrogens is 352 g/mol. The summed E-state index contributed by atoms with van der Waals surface area (Å²) in [4.78, 5) is 10.8. The predicted octanol–water partition coefficient (Wildman–Crippen LogP) is 2.80. The topological polar surface area (TPSA) is 63.4 Å². The molecule has 0 saturated carbocycles. The van der Waals surface area contributed by atoms with Gasteiger partial charge in [-0.2, -0.15) is 0 Å². The minimum atomic E-state index is 0.142. The summed E-state index contributed by atoms with van der Waals surface area (Å²) in [5.74, 6) is 1.37. The first-order valence-corrected chi connectivity index (χ1v) is 9.68. The maximum atomic E-state index is 9.12. The number of nitrogens with zero attached hydrogens (tertiary/aromatic N) is 4. The van der Waals surface area contributed by atoms with Gasteiger partial charge in [-0.25, -0.2) is 4.98 Å². The Hall–Kier alpha value is -2.70. The van der Waals surface area contributed by atoms with Crippen molar-refractivity contribution in [3.63, 3.8) is 0 Å². The summed E-state index contributed by atoms with van der Waals surface area (Å²) in [7, 11) is 1.98. The Balaban J connectivity index is 1.55. The van der Waals surface area contributed by atoms with E-state index < -0.39 is 0 Å². The van der Waals surface area contributed by atoms with Gasteiger partial charge in [0.05, 0.1) is 25.9 Å². The number of likely N-dealkylation sites (N-methyl/N-ethyl adjacent to an activating group) is 1. The molecule has 4 rings (SSSR count). The van der Waals surface area contributed by atoms with Crippen molar-refractivity contribution in [2.75, 3.05) is 38.3 Å². The lowest BCUT2D eigenvalue weighted by atomic mass is 9.95. The number of ether oxygens (including phenoxy) is 1.